The van der Waals surface area contributed by atoms with Gasteiger partial charge in [-0.25, -0.2) is 0 Å². The van der Waals surface area contributed by atoms with Crippen molar-refractivity contribution in [3.63, 3.8) is 0 Å². The number of benzene rings is 1. The van der Waals surface area contributed by atoms with Gasteiger partial charge in [0.15, 0.2) is 0 Å². The molecule has 0 aliphatic heterocycles. The minimum atomic E-state index is -4.35. The van der Waals surface area contributed by atoms with E-state index in [1.165, 1.54) is 6.07 Å². The van der Waals surface area contributed by atoms with Crippen LogP contribution in [0.3, 0.4) is 0 Å². The second-order valence-electron chi connectivity index (χ2n) is 5.69. The van der Waals surface area contributed by atoms with Gasteiger partial charge in [-0.1, -0.05) is 6.07 Å². The zero-order valence-corrected chi connectivity index (χ0v) is 13.5. The first-order valence-electron chi connectivity index (χ1n) is 7.36. The molecule has 2 N–H and O–H groups in total. The fourth-order valence-electron chi connectivity index (χ4n) is 2.44. The number of halogens is 3. The van der Waals surface area contributed by atoms with E-state index in [2.05, 4.69) is 20.4 Å². The average Bonchev–Trinajstić information content (AvgIpc) is 2.91. The molecule has 0 fully saturated rings. The molecule has 1 aromatic carbocycles. The van der Waals surface area contributed by atoms with Crippen molar-refractivity contribution in [1.82, 2.24) is 20.4 Å². The molecule has 0 saturated heterocycles. The minimum absolute atomic E-state index is 0.531. The van der Waals surface area contributed by atoms with Gasteiger partial charge < -0.3 is 5.32 Å². The summed E-state index contributed by atoms with van der Waals surface area (Å²) in [4.78, 5) is 2.08. The third-order valence-electron chi connectivity index (χ3n) is 3.61. The number of hydrogen-bond donors (Lipinski definition) is 2. The summed E-state index contributed by atoms with van der Waals surface area (Å²) in [6.45, 7) is 3.92. The maximum atomic E-state index is 13.0. The van der Waals surface area contributed by atoms with E-state index < -0.39 is 11.7 Å². The summed E-state index contributed by atoms with van der Waals surface area (Å²) in [5, 5.41) is 9.96. The van der Waals surface area contributed by atoms with Crippen molar-refractivity contribution >= 4 is 0 Å². The number of rotatable bonds is 6. The molecule has 0 bridgehead atoms. The first-order valence-corrected chi connectivity index (χ1v) is 7.36. The Labute approximate surface area is 133 Å². The van der Waals surface area contributed by atoms with E-state index in [0.717, 1.165) is 24.8 Å². The molecular formula is C16H21F3N4. The number of hydrogen-bond acceptors (Lipinski definition) is 3. The molecule has 126 valence electrons. The fraction of sp³-hybridized carbons (Fsp3) is 0.438. The second-order valence-corrected chi connectivity index (χ2v) is 5.69. The van der Waals surface area contributed by atoms with Crippen LogP contribution < -0.4 is 5.32 Å². The molecule has 0 saturated carbocycles. The zero-order valence-electron chi connectivity index (χ0n) is 13.5. The van der Waals surface area contributed by atoms with Crippen LogP contribution in [0.1, 0.15) is 16.8 Å². The Balaban J connectivity index is 2.30. The van der Waals surface area contributed by atoms with Crippen LogP contribution in [0.5, 0.6) is 0 Å². The summed E-state index contributed by atoms with van der Waals surface area (Å²) in [7, 11) is 3.83. The van der Waals surface area contributed by atoms with Crippen LogP contribution in [0, 0.1) is 6.92 Å². The molecule has 0 spiro atoms. The monoisotopic (exact) mass is 326 g/mol. The van der Waals surface area contributed by atoms with Crippen LogP contribution in [0.4, 0.5) is 13.2 Å². The molecule has 7 heteroatoms. The van der Waals surface area contributed by atoms with Gasteiger partial charge in [-0.2, -0.15) is 18.3 Å². The molecule has 0 amide bonds. The van der Waals surface area contributed by atoms with Crippen LogP contribution in [0.2, 0.25) is 0 Å². The van der Waals surface area contributed by atoms with Crippen molar-refractivity contribution in [2.24, 2.45) is 0 Å². The summed E-state index contributed by atoms with van der Waals surface area (Å²) in [5.41, 5.74) is 1.98. The molecule has 1 heterocycles. The van der Waals surface area contributed by atoms with Gasteiger partial charge in [0.05, 0.1) is 17.5 Å². The van der Waals surface area contributed by atoms with Gasteiger partial charge in [-0.05, 0) is 44.3 Å². The van der Waals surface area contributed by atoms with Crippen LogP contribution >= 0.6 is 0 Å². The van der Waals surface area contributed by atoms with Crippen LogP contribution in [0.15, 0.2) is 24.4 Å². The highest BCUT2D eigenvalue weighted by atomic mass is 19.4. The molecule has 2 rings (SSSR count). The van der Waals surface area contributed by atoms with Gasteiger partial charge in [-0.3, -0.25) is 10.00 Å². The number of aryl methyl sites for hydroxylation is 1. The summed E-state index contributed by atoms with van der Waals surface area (Å²) < 4.78 is 39.0. The SMILES string of the molecule is CNCCN(C)Cc1[nH]ncc1-c1cc(C)cc(C(F)(F)F)c1. The Morgan fingerprint density at radius 3 is 2.65 bits per heavy atom. The molecule has 4 nitrogen and oxygen atoms in total. The van der Waals surface area contributed by atoms with Crippen LogP contribution in [-0.2, 0) is 12.7 Å². The van der Waals surface area contributed by atoms with Crippen molar-refractivity contribution in [3.8, 4) is 11.1 Å². The molecule has 0 aliphatic rings. The van der Waals surface area contributed by atoms with Crippen molar-refractivity contribution in [2.45, 2.75) is 19.6 Å². The minimum Gasteiger partial charge on any atom is -0.318 e. The smallest absolute Gasteiger partial charge is 0.318 e. The van der Waals surface area contributed by atoms with Gasteiger partial charge in [0, 0.05) is 25.2 Å². The fourth-order valence-corrected chi connectivity index (χ4v) is 2.44. The lowest BCUT2D eigenvalue weighted by Crippen LogP contribution is -2.27. The van der Waals surface area contributed by atoms with E-state index >= 15 is 0 Å². The highest BCUT2D eigenvalue weighted by molar-refractivity contribution is 5.67. The average molecular weight is 326 g/mol. The molecule has 23 heavy (non-hydrogen) atoms. The lowest BCUT2D eigenvalue weighted by atomic mass is 10.00. The van der Waals surface area contributed by atoms with Gasteiger partial charge in [0.2, 0.25) is 0 Å². The van der Waals surface area contributed by atoms with Crippen molar-refractivity contribution in [2.75, 3.05) is 27.2 Å². The Bertz CT molecular complexity index is 649. The highest BCUT2D eigenvalue weighted by Crippen LogP contribution is 2.34. The molecule has 0 aliphatic carbocycles. The van der Waals surface area contributed by atoms with E-state index in [9.17, 15) is 13.2 Å². The Morgan fingerprint density at radius 1 is 1.26 bits per heavy atom. The first kappa shape index (κ1) is 17.5. The van der Waals surface area contributed by atoms with E-state index in [0.29, 0.717) is 23.2 Å². The van der Waals surface area contributed by atoms with Gasteiger partial charge in [0.1, 0.15) is 0 Å². The largest absolute Gasteiger partial charge is 0.416 e. The van der Waals surface area contributed by atoms with E-state index in [4.69, 9.17) is 0 Å². The molecule has 0 atom stereocenters. The number of nitrogens with one attached hydrogen (secondary N) is 2. The van der Waals surface area contributed by atoms with Gasteiger partial charge in [0.25, 0.3) is 0 Å². The third-order valence-corrected chi connectivity index (χ3v) is 3.61. The summed E-state index contributed by atoms with van der Waals surface area (Å²) >= 11 is 0. The number of alkyl halides is 3. The van der Waals surface area contributed by atoms with E-state index in [-0.39, 0.29) is 0 Å². The van der Waals surface area contributed by atoms with E-state index in [1.807, 2.05) is 14.1 Å². The Morgan fingerprint density at radius 2 is 2.00 bits per heavy atom. The molecule has 0 unspecified atom stereocenters. The number of aromatic nitrogens is 2. The molecule has 1 aromatic heterocycles. The predicted octanol–water partition coefficient (Wildman–Crippen LogP) is 3.06. The van der Waals surface area contributed by atoms with Crippen molar-refractivity contribution < 1.29 is 13.2 Å². The first-order chi connectivity index (χ1) is 10.8. The third kappa shape index (κ3) is 4.56. The Kier molecular flexibility index (Phi) is 5.43. The number of aromatic amines is 1. The maximum Gasteiger partial charge on any atom is 0.416 e. The zero-order chi connectivity index (χ0) is 17.0. The lowest BCUT2D eigenvalue weighted by molar-refractivity contribution is -0.137. The standard InChI is InChI=1S/C16H21F3N4/c1-11-6-12(8-13(7-11)16(17,18)19)14-9-21-22-15(14)10-23(3)5-4-20-2/h6-9,20H,4-5,10H2,1-3H3,(H,21,22). The van der Waals surface area contributed by atoms with Crippen LogP contribution in [0.25, 0.3) is 11.1 Å². The number of nitrogens with zero attached hydrogens (tertiary/aromatic N) is 2. The molecule has 2 aromatic rings. The highest BCUT2D eigenvalue weighted by Gasteiger charge is 2.31. The maximum absolute atomic E-state index is 13.0. The van der Waals surface area contributed by atoms with Crippen molar-refractivity contribution in [1.29, 1.82) is 0 Å². The van der Waals surface area contributed by atoms with E-state index in [1.54, 1.807) is 19.2 Å². The van der Waals surface area contributed by atoms with Gasteiger partial charge >= 0.3 is 6.18 Å². The summed E-state index contributed by atoms with van der Waals surface area (Å²) in [6, 6.07) is 4.08. The molecule has 0 radical (unpaired) electrons. The molecular weight excluding hydrogens is 305 g/mol. The normalized spacial score (nSPS) is 12.1. The predicted molar refractivity (Wildman–Crippen MR) is 84.0 cm³/mol. The summed E-state index contributed by atoms with van der Waals surface area (Å²) in [5.74, 6) is 0. The topological polar surface area (TPSA) is 44.0 Å². The van der Waals surface area contributed by atoms with Gasteiger partial charge in [-0.15, -0.1) is 0 Å². The second kappa shape index (κ2) is 7.14. The number of likely N-dealkylation sites (N-methyl/N-ethyl adjacent to an activating group) is 2. The quantitative estimate of drug-likeness (QED) is 0.857. The summed E-state index contributed by atoms with van der Waals surface area (Å²) in [6.07, 6.45) is -2.77. The lowest BCUT2D eigenvalue weighted by Gasteiger charge is -2.16. The Hall–Kier alpha value is -1.86. The van der Waals surface area contributed by atoms with Crippen molar-refractivity contribution in [3.05, 3.63) is 41.2 Å². The number of H-pyrrole nitrogens is 1. The van der Waals surface area contributed by atoms with Crippen LogP contribution in [-0.4, -0.2) is 42.3 Å².